The lowest BCUT2D eigenvalue weighted by Gasteiger charge is -1.85. The van der Waals surface area contributed by atoms with Gasteiger partial charge in [0.2, 0.25) is 0 Å². The average molecular weight is 109 g/mol. The third-order valence-electron chi connectivity index (χ3n) is 1.45. The van der Waals surface area contributed by atoms with Crippen molar-refractivity contribution in [3.63, 3.8) is 0 Å². The molecule has 1 radical (unpaired) electrons. The van der Waals surface area contributed by atoms with E-state index in [-0.39, 0.29) is 0 Å². The van der Waals surface area contributed by atoms with Crippen molar-refractivity contribution in [2.24, 2.45) is 0 Å². The zero-order valence-corrected chi connectivity index (χ0v) is 4.81. The smallest absolute Gasteiger partial charge is 0.158 e. The molecule has 0 amide bonds. The minimum absolute atomic E-state index is 0.292. The van der Waals surface area contributed by atoms with E-state index >= 15 is 0 Å². The van der Waals surface area contributed by atoms with E-state index in [0.717, 1.165) is 24.8 Å². The van der Waals surface area contributed by atoms with Gasteiger partial charge in [-0.15, -0.1) is 0 Å². The molecular formula is C7H9O. The van der Waals surface area contributed by atoms with Crippen molar-refractivity contribution in [2.75, 3.05) is 0 Å². The van der Waals surface area contributed by atoms with Gasteiger partial charge in [-0.25, -0.2) is 0 Å². The lowest BCUT2D eigenvalue weighted by atomic mass is 10.2. The molecule has 0 bridgehead atoms. The van der Waals surface area contributed by atoms with Crippen LogP contribution in [-0.4, -0.2) is 5.78 Å². The number of allylic oxidation sites excluding steroid dienone is 2. The Kier molecular flexibility index (Phi) is 1.47. The Balaban J connectivity index is 2.69. The number of Topliss-reactive ketones (excluding diaryl/α,β-unsaturated/α-hetero) is 1. The van der Waals surface area contributed by atoms with Gasteiger partial charge in [0.05, 0.1) is 0 Å². The Morgan fingerprint density at radius 3 is 2.50 bits per heavy atom. The number of carbonyl (C=O) groups excluding carboxylic acids is 1. The van der Waals surface area contributed by atoms with E-state index in [1.165, 1.54) is 0 Å². The Bertz CT molecular complexity index is 133. The lowest BCUT2D eigenvalue weighted by molar-refractivity contribution is -0.114. The van der Waals surface area contributed by atoms with Gasteiger partial charge < -0.3 is 0 Å². The summed E-state index contributed by atoms with van der Waals surface area (Å²) in [6.45, 7) is 3.54. The van der Waals surface area contributed by atoms with Gasteiger partial charge in [0.1, 0.15) is 0 Å². The predicted octanol–water partition coefficient (Wildman–Crippen LogP) is 1.50. The van der Waals surface area contributed by atoms with Gasteiger partial charge in [0.25, 0.3) is 0 Å². The van der Waals surface area contributed by atoms with E-state index in [2.05, 4.69) is 6.92 Å². The molecule has 0 heterocycles. The highest BCUT2D eigenvalue weighted by Crippen LogP contribution is 2.19. The summed E-state index contributed by atoms with van der Waals surface area (Å²) in [5.74, 6) is 0.292. The van der Waals surface area contributed by atoms with Crippen LogP contribution in [0.5, 0.6) is 0 Å². The van der Waals surface area contributed by atoms with Crippen molar-refractivity contribution in [2.45, 2.75) is 19.3 Å². The van der Waals surface area contributed by atoms with Crippen molar-refractivity contribution in [1.82, 2.24) is 0 Å². The van der Waals surface area contributed by atoms with Crippen molar-refractivity contribution >= 4 is 5.78 Å². The first-order valence-corrected chi connectivity index (χ1v) is 2.86. The van der Waals surface area contributed by atoms with Crippen LogP contribution in [0.1, 0.15) is 19.3 Å². The van der Waals surface area contributed by atoms with Crippen LogP contribution in [0.4, 0.5) is 0 Å². The van der Waals surface area contributed by atoms with Crippen molar-refractivity contribution in [3.05, 3.63) is 18.6 Å². The molecule has 1 aliphatic rings. The molecule has 1 nitrogen and oxygen atoms in total. The fourth-order valence-electron chi connectivity index (χ4n) is 0.955. The molecule has 0 aromatic rings. The Morgan fingerprint density at radius 1 is 1.50 bits per heavy atom. The molecule has 0 aromatic heterocycles. The van der Waals surface area contributed by atoms with Crippen molar-refractivity contribution in [1.29, 1.82) is 0 Å². The van der Waals surface area contributed by atoms with Crippen LogP contribution in [0.15, 0.2) is 11.6 Å². The molecule has 0 atom stereocenters. The highest BCUT2D eigenvalue weighted by atomic mass is 16.1. The standard InChI is InChI=1S/C7H9O/c1-2-6-4-3-5-7(6)8/h2H,1,3-5H2/b6-2+. The van der Waals surface area contributed by atoms with Gasteiger partial charge in [0, 0.05) is 6.42 Å². The fourth-order valence-corrected chi connectivity index (χ4v) is 0.955. The summed E-state index contributed by atoms with van der Waals surface area (Å²) in [6, 6.07) is 0. The SMILES string of the molecule is [CH2]/C=C1\CCCC1=O. The van der Waals surface area contributed by atoms with Crippen LogP contribution in [-0.2, 0) is 4.79 Å². The van der Waals surface area contributed by atoms with E-state index < -0.39 is 0 Å². The van der Waals surface area contributed by atoms with Crippen LogP contribution < -0.4 is 0 Å². The Morgan fingerprint density at radius 2 is 2.25 bits per heavy atom. The maximum Gasteiger partial charge on any atom is 0.158 e. The van der Waals surface area contributed by atoms with E-state index in [1.54, 1.807) is 6.08 Å². The quantitative estimate of drug-likeness (QED) is 0.431. The van der Waals surface area contributed by atoms with Crippen LogP contribution in [0.3, 0.4) is 0 Å². The topological polar surface area (TPSA) is 17.1 Å². The van der Waals surface area contributed by atoms with Crippen LogP contribution in [0.2, 0.25) is 0 Å². The van der Waals surface area contributed by atoms with Gasteiger partial charge in [-0.2, -0.15) is 0 Å². The highest BCUT2D eigenvalue weighted by molar-refractivity contribution is 5.97. The molecule has 0 saturated heterocycles. The summed E-state index contributed by atoms with van der Waals surface area (Å²) in [6.07, 6.45) is 4.39. The maximum absolute atomic E-state index is 10.7. The first kappa shape index (κ1) is 5.54. The second kappa shape index (κ2) is 2.12. The Labute approximate surface area is 49.4 Å². The minimum Gasteiger partial charge on any atom is -0.295 e. The predicted molar refractivity (Wildman–Crippen MR) is 32.3 cm³/mol. The average Bonchev–Trinajstić information content (AvgIpc) is 2.14. The van der Waals surface area contributed by atoms with Crippen LogP contribution in [0, 0.1) is 6.92 Å². The third-order valence-corrected chi connectivity index (χ3v) is 1.45. The number of carbonyl (C=O) groups is 1. The summed E-state index contributed by atoms with van der Waals surface area (Å²) in [4.78, 5) is 10.7. The summed E-state index contributed by atoms with van der Waals surface area (Å²) >= 11 is 0. The van der Waals surface area contributed by atoms with Gasteiger partial charge in [-0.3, -0.25) is 4.79 Å². The molecule has 1 fully saturated rings. The molecule has 8 heavy (non-hydrogen) atoms. The zero-order valence-electron chi connectivity index (χ0n) is 4.81. The first-order chi connectivity index (χ1) is 3.84. The summed E-state index contributed by atoms with van der Waals surface area (Å²) in [5.41, 5.74) is 0.921. The Hall–Kier alpha value is -0.590. The molecule has 0 aromatic carbocycles. The fraction of sp³-hybridized carbons (Fsp3) is 0.429. The maximum atomic E-state index is 10.7. The van der Waals surface area contributed by atoms with Gasteiger partial charge >= 0.3 is 0 Å². The second-order valence-electron chi connectivity index (χ2n) is 2.01. The molecule has 0 unspecified atom stereocenters. The lowest BCUT2D eigenvalue weighted by Crippen LogP contribution is -1.89. The number of ketones is 1. The largest absolute Gasteiger partial charge is 0.295 e. The van der Waals surface area contributed by atoms with Crippen molar-refractivity contribution in [3.8, 4) is 0 Å². The van der Waals surface area contributed by atoms with Crippen LogP contribution >= 0.6 is 0 Å². The zero-order chi connectivity index (χ0) is 5.98. The summed E-state index contributed by atoms with van der Waals surface area (Å²) in [5, 5.41) is 0. The summed E-state index contributed by atoms with van der Waals surface area (Å²) < 4.78 is 0. The molecular weight excluding hydrogens is 100 g/mol. The molecule has 1 rings (SSSR count). The van der Waals surface area contributed by atoms with Gasteiger partial charge in [-0.1, -0.05) is 6.08 Å². The molecule has 1 saturated carbocycles. The second-order valence-corrected chi connectivity index (χ2v) is 2.01. The van der Waals surface area contributed by atoms with E-state index in [1.807, 2.05) is 0 Å². The van der Waals surface area contributed by atoms with Crippen LogP contribution in [0.25, 0.3) is 0 Å². The highest BCUT2D eigenvalue weighted by Gasteiger charge is 2.14. The molecule has 1 aliphatic carbocycles. The van der Waals surface area contributed by atoms with E-state index in [0.29, 0.717) is 5.78 Å². The van der Waals surface area contributed by atoms with Crippen molar-refractivity contribution < 1.29 is 4.79 Å². The molecule has 1 heteroatoms. The molecule has 0 N–H and O–H groups in total. The molecule has 0 spiro atoms. The van der Waals surface area contributed by atoms with Gasteiger partial charge in [-0.05, 0) is 25.3 Å². The number of hydrogen-bond donors (Lipinski definition) is 0. The molecule has 0 aliphatic heterocycles. The molecule has 43 valence electrons. The first-order valence-electron chi connectivity index (χ1n) is 2.86. The minimum atomic E-state index is 0.292. The normalized spacial score (nSPS) is 25.1. The van der Waals surface area contributed by atoms with E-state index in [9.17, 15) is 4.79 Å². The number of hydrogen-bond acceptors (Lipinski definition) is 1. The third kappa shape index (κ3) is 0.808. The summed E-state index contributed by atoms with van der Waals surface area (Å²) in [7, 11) is 0. The monoisotopic (exact) mass is 109 g/mol. The van der Waals surface area contributed by atoms with E-state index in [4.69, 9.17) is 0 Å². The van der Waals surface area contributed by atoms with Gasteiger partial charge in [0.15, 0.2) is 5.78 Å². The number of rotatable bonds is 0.